The van der Waals surface area contributed by atoms with E-state index in [9.17, 15) is 9.59 Å². The molecule has 1 atom stereocenters. The number of nitrogens with one attached hydrogen (secondary N) is 1. The van der Waals surface area contributed by atoms with E-state index in [2.05, 4.69) is 15.0 Å². The lowest BCUT2D eigenvalue weighted by Crippen LogP contribution is -2.44. The van der Waals surface area contributed by atoms with Crippen LogP contribution in [0.25, 0.3) is 0 Å². The van der Waals surface area contributed by atoms with Crippen molar-refractivity contribution in [1.29, 1.82) is 0 Å². The van der Waals surface area contributed by atoms with Gasteiger partial charge in [0.25, 0.3) is 11.5 Å². The molecule has 1 aliphatic heterocycles. The highest BCUT2D eigenvalue weighted by Crippen LogP contribution is 2.23. The number of carbonyl (C=O) groups excluding carboxylic acids is 1. The summed E-state index contributed by atoms with van der Waals surface area (Å²) in [6.07, 6.45) is 1.33. The maximum absolute atomic E-state index is 12.6. The van der Waals surface area contributed by atoms with Crippen molar-refractivity contribution in [3.05, 3.63) is 45.8 Å². The number of carbonyl (C=O) groups is 1. The molecule has 1 N–H and O–H groups in total. The number of morpholine rings is 1. The van der Waals surface area contributed by atoms with Gasteiger partial charge in [0.2, 0.25) is 0 Å². The maximum atomic E-state index is 12.6. The molecule has 116 valence electrons. The number of oxazole rings is 1. The second-order valence-electron chi connectivity index (χ2n) is 5.10. The van der Waals surface area contributed by atoms with Gasteiger partial charge in [-0.25, -0.2) is 9.97 Å². The van der Waals surface area contributed by atoms with Crippen LogP contribution in [0.3, 0.4) is 0 Å². The Bertz CT molecular complexity index is 751. The molecule has 1 fully saturated rings. The Morgan fingerprint density at radius 2 is 2.23 bits per heavy atom. The summed E-state index contributed by atoms with van der Waals surface area (Å²) < 4.78 is 10.5. The molecular formula is C14H16N4O4. The van der Waals surface area contributed by atoms with E-state index in [1.54, 1.807) is 18.7 Å². The van der Waals surface area contributed by atoms with Crippen LogP contribution < -0.4 is 5.56 Å². The summed E-state index contributed by atoms with van der Waals surface area (Å²) in [4.78, 5) is 36.8. The fraction of sp³-hybridized carbons (Fsp3) is 0.429. The maximum Gasteiger partial charge on any atom is 0.276 e. The zero-order valence-electron chi connectivity index (χ0n) is 12.3. The average Bonchev–Trinajstić information content (AvgIpc) is 2.92. The van der Waals surface area contributed by atoms with Gasteiger partial charge in [0.1, 0.15) is 12.1 Å². The van der Waals surface area contributed by atoms with Crippen molar-refractivity contribution in [2.75, 3.05) is 19.8 Å². The van der Waals surface area contributed by atoms with Gasteiger partial charge in [-0.1, -0.05) is 0 Å². The molecule has 2 aromatic heterocycles. The van der Waals surface area contributed by atoms with Crippen molar-refractivity contribution < 1.29 is 13.9 Å². The number of aryl methyl sites for hydroxylation is 2. The summed E-state index contributed by atoms with van der Waals surface area (Å²) in [5.41, 5.74) is 0.498. The SMILES string of the molecule is Cc1nc(C2COCCN2C(=O)c2coc(C)n2)cc(=O)[nH]1. The first-order valence-corrected chi connectivity index (χ1v) is 6.93. The molecule has 0 spiro atoms. The van der Waals surface area contributed by atoms with Crippen LogP contribution in [0.4, 0.5) is 0 Å². The third-order valence-electron chi connectivity index (χ3n) is 3.45. The van der Waals surface area contributed by atoms with Crippen LogP contribution in [0.15, 0.2) is 21.5 Å². The van der Waals surface area contributed by atoms with Crippen LogP contribution in [0.1, 0.15) is 33.9 Å². The fourth-order valence-corrected chi connectivity index (χ4v) is 2.47. The van der Waals surface area contributed by atoms with Crippen LogP contribution in [0.2, 0.25) is 0 Å². The molecule has 1 unspecified atom stereocenters. The van der Waals surface area contributed by atoms with Crippen molar-refractivity contribution in [2.45, 2.75) is 19.9 Å². The molecule has 0 aromatic carbocycles. The molecule has 1 aliphatic rings. The van der Waals surface area contributed by atoms with E-state index in [4.69, 9.17) is 9.15 Å². The minimum atomic E-state index is -0.417. The molecule has 1 saturated heterocycles. The van der Waals surface area contributed by atoms with E-state index in [1.165, 1.54) is 12.3 Å². The predicted octanol–water partition coefficient (Wildman–Crippen LogP) is 0.588. The van der Waals surface area contributed by atoms with Gasteiger partial charge in [-0.05, 0) is 6.92 Å². The number of amides is 1. The van der Waals surface area contributed by atoms with E-state index in [0.29, 0.717) is 37.2 Å². The second kappa shape index (κ2) is 5.72. The number of aromatic nitrogens is 3. The molecule has 8 nitrogen and oxygen atoms in total. The summed E-state index contributed by atoms with van der Waals surface area (Å²) in [6, 6.07) is 0.972. The van der Waals surface area contributed by atoms with Gasteiger partial charge in [0, 0.05) is 19.5 Å². The van der Waals surface area contributed by atoms with Crippen molar-refractivity contribution in [3.8, 4) is 0 Å². The molecule has 0 saturated carbocycles. The quantitative estimate of drug-likeness (QED) is 0.871. The predicted molar refractivity (Wildman–Crippen MR) is 75.4 cm³/mol. The number of aromatic amines is 1. The molecule has 1 amide bonds. The van der Waals surface area contributed by atoms with Gasteiger partial charge in [-0.15, -0.1) is 0 Å². The Morgan fingerprint density at radius 3 is 2.91 bits per heavy atom. The highest BCUT2D eigenvalue weighted by molar-refractivity contribution is 5.92. The van der Waals surface area contributed by atoms with Crippen molar-refractivity contribution in [2.24, 2.45) is 0 Å². The molecule has 0 aliphatic carbocycles. The zero-order valence-corrected chi connectivity index (χ0v) is 12.3. The fourth-order valence-electron chi connectivity index (χ4n) is 2.47. The number of rotatable bonds is 2. The van der Waals surface area contributed by atoms with E-state index < -0.39 is 6.04 Å². The van der Waals surface area contributed by atoms with E-state index in [-0.39, 0.29) is 17.2 Å². The van der Waals surface area contributed by atoms with E-state index in [0.717, 1.165) is 0 Å². The van der Waals surface area contributed by atoms with Crippen molar-refractivity contribution in [1.82, 2.24) is 19.9 Å². The Balaban J connectivity index is 1.94. The van der Waals surface area contributed by atoms with Gasteiger partial charge in [-0.2, -0.15) is 0 Å². The Morgan fingerprint density at radius 1 is 1.41 bits per heavy atom. The molecular weight excluding hydrogens is 288 g/mol. The Kier molecular flexibility index (Phi) is 3.76. The first-order valence-electron chi connectivity index (χ1n) is 6.93. The van der Waals surface area contributed by atoms with Gasteiger partial charge in [0.05, 0.1) is 24.9 Å². The first-order chi connectivity index (χ1) is 10.5. The molecule has 2 aromatic rings. The second-order valence-corrected chi connectivity index (χ2v) is 5.10. The largest absolute Gasteiger partial charge is 0.448 e. The van der Waals surface area contributed by atoms with E-state index in [1.807, 2.05) is 0 Å². The number of hydrogen-bond donors (Lipinski definition) is 1. The lowest BCUT2D eigenvalue weighted by Gasteiger charge is -2.34. The number of nitrogens with zero attached hydrogens (tertiary/aromatic N) is 3. The average molecular weight is 304 g/mol. The lowest BCUT2D eigenvalue weighted by atomic mass is 10.1. The van der Waals surface area contributed by atoms with Crippen LogP contribution in [-0.4, -0.2) is 45.5 Å². The summed E-state index contributed by atoms with van der Waals surface area (Å²) in [7, 11) is 0. The summed E-state index contributed by atoms with van der Waals surface area (Å²) in [5, 5.41) is 0. The van der Waals surface area contributed by atoms with Gasteiger partial charge in [-0.3, -0.25) is 9.59 Å². The van der Waals surface area contributed by atoms with Crippen molar-refractivity contribution in [3.63, 3.8) is 0 Å². The highest BCUT2D eigenvalue weighted by Gasteiger charge is 2.32. The third-order valence-corrected chi connectivity index (χ3v) is 3.45. The van der Waals surface area contributed by atoms with Gasteiger partial charge >= 0.3 is 0 Å². The minimum Gasteiger partial charge on any atom is -0.448 e. The van der Waals surface area contributed by atoms with Crippen LogP contribution >= 0.6 is 0 Å². The molecule has 0 radical (unpaired) electrons. The van der Waals surface area contributed by atoms with Crippen LogP contribution in [0.5, 0.6) is 0 Å². The van der Waals surface area contributed by atoms with E-state index >= 15 is 0 Å². The standard InChI is InChI=1S/C14H16N4O4/c1-8-15-10(5-13(19)16-8)12-7-21-4-3-18(12)14(20)11-6-22-9(2)17-11/h5-6,12H,3-4,7H2,1-2H3,(H,15,16,19). The molecule has 8 heteroatoms. The molecule has 0 bridgehead atoms. The monoisotopic (exact) mass is 304 g/mol. The third kappa shape index (κ3) is 2.77. The molecule has 22 heavy (non-hydrogen) atoms. The number of ether oxygens (including phenoxy) is 1. The number of H-pyrrole nitrogens is 1. The van der Waals surface area contributed by atoms with Gasteiger partial charge in [0.15, 0.2) is 11.6 Å². The zero-order chi connectivity index (χ0) is 15.7. The minimum absolute atomic E-state index is 0.242. The lowest BCUT2D eigenvalue weighted by molar-refractivity contribution is -0.00432. The number of hydrogen-bond acceptors (Lipinski definition) is 6. The Labute approximate surface area is 126 Å². The smallest absolute Gasteiger partial charge is 0.276 e. The highest BCUT2D eigenvalue weighted by atomic mass is 16.5. The summed E-state index contributed by atoms with van der Waals surface area (Å²) >= 11 is 0. The van der Waals surface area contributed by atoms with Gasteiger partial charge < -0.3 is 19.0 Å². The molecule has 3 heterocycles. The van der Waals surface area contributed by atoms with Crippen molar-refractivity contribution >= 4 is 5.91 Å². The summed E-state index contributed by atoms with van der Waals surface area (Å²) in [5.74, 6) is 0.668. The Hall–Kier alpha value is -2.48. The first kappa shape index (κ1) is 14.5. The summed E-state index contributed by atoms with van der Waals surface area (Å²) in [6.45, 7) is 4.50. The topological polar surface area (TPSA) is 101 Å². The normalized spacial score (nSPS) is 18.5. The van der Waals surface area contributed by atoms with Crippen LogP contribution in [0, 0.1) is 13.8 Å². The molecule has 3 rings (SSSR count). The van der Waals surface area contributed by atoms with Crippen LogP contribution in [-0.2, 0) is 4.74 Å².